The molecule has 0 aliphatic rings. The molecular weight excluding hydrogens is 188 g/mol. The standard InChI is InChI=1S/C13H26O2/c1-5-8-9-13(4,7-3)11(6-2)10-12(14)15/h11H,5-10H2,1-4H3,(H,14,15)/t11-,13?/m0/s1. The lowest BCUT2D eigenvalue weighted by Gasteiger charge is -2.36. The zero-order valence-electron chi connectivity index (χ0n) is 10.7. The summed E-state index contributed by atoms with van der Waals surface area (Å²) in [6, 6.07) is 0. The highest BCUT2D eigenvalue weighted by molar-refractivity contribution is 5.67. The second kappa shape index (κ2) is 6.86. The number of carbonyl (C=O) groups is 1. The van der Waals surface area contributed by atoms with Crippen LogP contribution in [0.4, 0.5) is 0 Å². The van der Waals surface area contributed by atoms with Gasteiger partial charge in [-0.15, -0.1) is 0 Å². The van der Waals surface area contributed by atoms with Crippen LogP contribution in [0.1, 0.15) is 66.2 Å². The summed E-state index contributed by atoms with van der Waals surface area (Å²) in [6.07, 6.45) is 5.94. The molecule has 2 nitrogen and oxygen atoms in total. The molecule has 15 heavy (non-hydrogen) atoms. The lowest BCUT2D eigenvalue weighted by atomic mass is 9.69. The number of rotatable bonds is 8. The van der Waals surface area contributed by atoms with Crippen molar-refractivity contribution < 1.29 is 9.90 Å². The van der Waals surface area contributed by atoms with Gasteiger partial charge in [-0.25, -0.2) is 0 Å². The van der Waals surface area contributed by atoms with Crippen molar-refractivity contribution in [2.45, 2.75) is 66.2 Å². The Morgan fingerprint density at radius 2 is 1.93 bits per heavy atom. The summed E-state index contributed by atoms with van der Waals surface area (Å²) in [5, 5.41) is 8.90. The molecule has 0 spiro atoms. The highest BCUT2D eigenvalue weighted by atomic mass is 16.4. The molecule has 0 aromatic heterocycles. The van der Waals surface area contributed by atoms with Crippen molar-refractivity contribution >= 4 is 5.97 Å². The molecule has 0 aliphatic carbocycles. The monoisotopic (exact) mass is 214 g/mol. The van der Waals surface area contributed by atoms with Gasteiger partial charge in [0.15, 0.2) is 0 Å². The van der Waals surface area contributed by atoms with Gasteiger partial charge in [-0.2, -0.15) is 0 Å². The van der Waals surface area contributed by atoms with E-state index in [-0.39, 0.29) is 5.41 Å². The maximum atomic E-state index is 10.8. The first-order valence-electron chi connectivity index (χ1n) is 6.21. The van der Waals surface area contributed by atoms with E-state index in [1.54, 1.807) is 0 Å². The van der Waals surface area contributed by atoms with Gasteiger partial charge in [-0.1, -0.05) is 53.4 Å². The zero-order valence-corrected chi connectivity index (χ0v) is 10.7. The second-order valence-electron chi connectivity index (χ2n) is 4.81. The van der Waals surface area contributed by atoms with Crippen LogP contribution in [0.3, 0.4) is 0 Å². The minimum atomic E-state index is -0.655. The van der Waals surface area contributed by atoms with Crippen LogP contribution < -0.4 is 0 Å². The molecule has 0 aromatic rings. The van der Waals surface area contributed by atoms with Crippen molar-refractivity contribution in [3.8, 4) is 0 Å². The zero-order chi connectivity index (χ0) is 11.9. The van der Waals surface area contributed by atoms with E-state index in [1.807, 2.05) is 0 Å². The third-order valence-corrected chi connectivity index (χ3v) is 3.81. The lowest BCUT2D eigenvalue weighted by molar-refractivity contribution is -0.139. The first kappa shape index (κ1) is 14.5. The normalized spacial score (nSPS) is 17.1. The molecule has 0 amide bonds. The fourth-order valence-corrected chi connectivity index (χ4v) is 2.34. The van der Waals surface area contributed by atoms with E-state index in [0.29, 0.717) is 12.3 Å². The van der Waals surface area contributed by atoms with Crippen molar-refractivity contribution in [2.24, 2.45) is 11.3 Å². The van der Waals surface area contributed by atoms with E-state index >= 15 is 0 Å². The van der Waals surface area contributed by atoms with Crippen molar-refractivity contribution in [3.63, 3.8) is 0 Å². The number of hydrogen-bond acceptors (Lipinski definition) is 1. The number of hydrogen-bond donors (Lipinski definition) is 1. The number of carboxylic acids is 1. The SMILES string of the molecule is CCCCC(C)(CC)[C@@H](CC)CC(=O)O. The molecule has 0 saturated heterocycles. The first-order valence-corrected chi connectivity index (χ1v) is 6.21. The molecule has 0 bridgehead atoms. The third kappa shape index (κ3) is 4.67. The molecule has 2 atom stereocenters. The lowest BCUT2D eigenvalue weighted by Crippen LogP contribution is -2.28. The Hall–Kier alpha value is -0.530. The topological polar surface area (TPSA) is 37.3 Å². The summed E-state index contributed by atoms with van der Waals surface area (Å²) in [6.45, 7) is 8.72. The van der Waals surface area contributed by atoms with Crippen molar-refractivity contribution in [1.29, 1.82) is 0 Å². The van der Waals surface area contributed by atoms with Gasteiger partial charge in [0, 0.05) is 6.42 Å². The molecule has 0 aromatic carbocycles. The average Bonchev–Trinajstić information content (AvgIpc) is 2.22. The van der Waals surface area contributed by atoms with E-state index in [1.165, 1.54) is 12.8 Å². The summed E-state index contributed by atoms with van der Waals surface area (Å²) in [5.74, 6) is -0.329. The van der Waals surface area contributed by atoms with Gasteiger partial charge < -0.3 is 5.11 Å². The molecule has 90 valence electrons. The highest BCUT2D eigenvalue weighted by Crippen LogP contribution is 2.40. The summed E-state index contributed by atoms with van der Waals surface area (Å²) in [7, 11) is 0. The summed E-state index contributed by atoms with van der Waals surface area (Å²) >= 11 is 0. The molecule has 0 fully saturated rings. The Morgan fingerprint density at radius 3 is 2.27 bits per heavy atom. The smallest absolute Gasteiger partial charge is 0.303 e. The molecule has 1 unspecified atom stereocenters. The summed E-state index contributed by atoms with van der Waals surface area (Å²) in [5.41, 5.74) is 0.211. The van der Waals surface area contributed by atoms with Gasteiger partial charge in [0.25, 0.3) is 0 Å². The quantitative estimate of drug-likeness (QED) is 0.660. The highest BCUT2D eigenvalue weighted by Gasteiger charge is 2.31. The molecular formula is C13H26O2. The van der Waals surface area contributed by atoms with Gasteiger partial charge in [0.1, 0.15) is 0 Å². The minimum absolute atomic E-state index is 0.211. The van der Waals surface area contributed by atoms with Crippen LogP contribution in [0.5, 0.6) is 0 Å². The van der Waals surface area contributed by atoms with Crippen molar-refractivity contribution in [1.82, 2.24) is 0 Å². The van der Waals surface area contributed by atoms with Crippen LogP contribution in [0.15, 0.2) is 0 Å². The van der Waals surface area contributed by atoms with Crippen LogP contribution in [-0.4, -0.2) is 11.1 Å². The maximum absolute atomic E-state index is 10.8. The summed E-state index contributed by atoms with van der Waals surface area (Å²) < 4.78 is 0. The van der Waals surface area contributed by atoms with Gasteiger partial charge in [0.2, 0.25) is 0 Å². The Labute approximate surface area is 94.1 Å². The second-order valence-corrected chi connectivity index (χ2v) is 4.81. The van der Waals surface area contributed by atoms with E-state index < -0.39 is 5.97 Å². The van der Waals surface area contributed by atoms with Gasteiger partial charge >= 0.3 is 5.97 Å². The molecule has 0 saturated carbocycles. The summed E-state index contributed by atoms with van der Waals surface area (Å²) in [4.78, 5) is 10.8. The van der Waals surface area contributed by atoms with Gasteiger partial charge in [0.05, 0.1) is 0 Å². The Balaban J connectivity index is 4.48. The Bertz CT molecular complexity index is 189. The van der Waals surface area contributed by atoms with Gasteiger partial charge in [-0.3, -0.25) is 4.79 Å². The van der Waals surface area contributed by atoms with Crippen LogP contribution in [0, 0.1) is 11.3 Å². The molecule has 0 rings (SSSR count). The fraction of sp³-hybridized carbons (Fsp3) is 0.923. The molecule has 0 aliphatic heterocycles. The van der Waals surface area contributed by atoms with E-state index in [0.717, 1.165) is 19.3 Å². The van der Waals surface area contributed by atoms with Crippen LogP contribution in [0.25, 0.3) is 0 Å². The molecule has 0 radical (unpaired) electrons. The molecule has 2 heteroatoms. The Morgan fingerprint density at radius 1 is 1.33 bits per heavy atom. The van der Waals surface area contributed by atoms with E-state index in [4.69, 9.17) is 5.11 Å². The number of unbranched alkanes of at least 4 members (excludes halogenated alkanes) is 1. The van der Waals surface area contributed by atoms with Crippen molar-refractivity contribution in [3.05, 3.63) is 0 Å². The molecule has 0 heterocycles. The van der Waals surface area contributed by atoms with E-state index in [2.05, 4.69) is 27.7 Å². The molecule has 1 N–H and O–H groups in total. The number of aliphatic carboxylic acids is 1. The van der Waals surface area contributed by atoms with Crippen LogP contribution >= 0.6 is 0 Å². The average molecular weight is 214 g/mol. The predicted molar refractivity (Wildman–Crippen MR) is 64.0 cm³/mol. The third-order valence-electron chi connectivity index (χ3n) is 3.81. The first-order chi connectivity index (χ1) is 7.00. The van der Waals surface area contributed by atoms with Crippen LogP contribution in [0.2, 0.25) is 0 Å². The predicted octanol–water partition coefficient (Wildman–Crippen LogP) is 4.09. The van der Waals surface area contributed by atoms with Crippen LogP contribution in [-0.2, 0) is 4.79 Å². The maximum Gasteiger partial charge on any atom is 0.303 e. The fourth-order valence-electron chi connectivity index (χ4n) is 2.34. The minimum Gasteiger partial charge on any atom is -0.481 e. The van der Waals surface area contributed by atoms with E-state index in [9.17, 15) is 4.79 Å². The Kier molecular flexibility index (Phi) is 6.62. The largest absolute Gasteiger partial charge is 0.481 e. The van der Waals surface area contributed by atoms with Crippen molar-refractivity contribution in [2.75, 3.05) is 0 Å². The number of carboxylic acid groups (broad SMARTS) is 1. The van der Waals surface area contributed by atoms with Gasteiger partial charge in [-0.05, 0) is 17.8 Å².